The number of nitrogens with zero attached hydrogens (tertiary/aromatic N) is 4. The van der Waals surface area contributed by atoms with Crippen LogP contribution in [0.1, 0.15) is 10.4 Å². The molecule has 0 bridgehead atoms. The largest absolute Gasteiger partial charge is 0.319 e. The van der Waals surface area contributed by atoms with Gasteiger partial charge in [0.05, 0.1) is 25.7 Å². The van der Waals surface area contributed by atoms with Crippen molar-refractivity contribution in [3.05, 3.63) is 93.3 Å². The summed E-state index contributed by atoms with van der Waals surface area (Å²) in [7, 11) is -0.617. The minimum atomic E-state index is -3.79. The number of nitro benzene ring substituents is 1. The molecule has 0 spiro atoms. The minimum absolute atomic E-state index is 0.0421. The number of amides is 1. The SMILES string of the molecule is CN(c1ccccc1)S(=O)(=O)c1ccc(C(=O)N=c2sc3cc([N+](=O)[O-])ccc3n2C)cc1. The van der Waals surface area contributed by atoms with Crippen LogP contribution >= 0.6 is 11.3 Å². The van der Waals surface area contributed by atoms with Crippen molar-refractivity contribution < 1.29 is 18.1 Å². The third-order valence-electron chi connectivity index (χ3n) is 5.08. The van der Waals surface area contributed by atoms with Crippen LogP contribution in [0.25, 0.3) is 10.2 Å². The van der Waals surface area contributed by atoms with E-state index in [4.69, 9.17) is 0 Å². The molecule has 0 fully saturated rings. The highest BCUT2D eigenvalue weighted by Gasteiger charge is 2.21. The van der Waals surface area contributed by atoms with E-state index in [0.29, 0.717) is 20.7 Å². The van der Waals surface area contributed by atoms with E-state index in [-0.39, 0.29) is 16.1 Å². The molecule has 0 atom stereocenters. The lowest BCUT2D eigenvalue weighted by Crippen LogP contribution is -2.26. The Morgan fingerprint density at radius 3 is 2.36 bits per heavy atom. The van der Waals surface area contributed by atoms with Crippen LogP contribution < -0.4 is 9.11 Å². The number of rotatable bonds is 5. The van der Waals surface area contributed by atoms with Gasteiger partial charge in [-0.2, -0.15) is 4.99 Å². The molecule has 4 aromatic rings. The van der Waals surface area contributed by atoms with Crippen molar-refractivity contribution in [2.24, 2.45) is 12.0 Å². The molecule has 0 radical (unpaired) electrons. The number of aryl methyl sites for hydroxylation is 1. The van der Waals surface area contributed by atoms with Crippen LogP contribution in [0.3, 0.4) is 0 Å². The van der Waals surface area contributed by atoms with Gasteiger partial charge < -0.3 is 4.57 Å². The van der Waals surface area contributed by atoms with Gasteiger partial charge in [0.25, 0.3) is 21.6 Å². The average Bonchev–Trinajstić information content (AvgIpc) is 3.13. The number of non-ortho nitro benzene ring substituents is 1. The Morgan fingerprint density at radius 1 is 1.06 bits per heavy atom. The standard InChI is InChI=1S/C22H18N4O5S2/c1-24-19-13-10-17(26(28)29)14-20(19)32-22(24)23-21(27)15-8-11-18(12-9-15)33(30,31)25(2)16-6-4-3-5-7-16/h3-14H,1-2H3. The van der Waals surface area contributed by atoms with Gasteiger partial charge >= 0.3 is 0 Å². The van der Waals surface area contributed by atoms with Gasteiger partial charge in [-0.05, 0) is 42.5 Å². The molecular formula is C22H18N4O5S2. The zero-order valence-corrected chi connectivity index (χ0v) is 19.2. The van der Waals surface area contributed by atoms with Crippen molar-refractivity contribution in [1.82, 2.24) is 4.57 Å². The number of para-hydroxylation sites is 1. The number of benzene rings is 3. The highest BCUT2D eigenvalue weighted by Crippen LogP contribution is 2.24. The van der Waals surface area contributed by atoms with Crippen molar-refractivity contribution in [1.29, 1.82) is 0 Å². The predicted molar refractivity (Wildman–Crippen MR) is 126 cm³/mol. The zero-order valence-electron chi connectivity index (χ0n) is 17.6. The summed E-state index contributed by atoms with van der Waals surface area (Å²) in [6.45, 7) is 0. The van der Waals surface area contributed by atoms with Crippen LogP contribution in [0, 0.1) is 10.1 Å². The minimum Gasteiger partial charge on any atom is -0.319 e. The summed E-state index contributed by atoms with van der Waals surface area (Å²) in [6, 6.07) is 18.7. The Balaban J connectivity index is 1.63. The maximum Gasteiger partial charge on any atom is 0.279 e. The van der Waals surface area contributed by atoms with Gasteiger partial charge in [-0.25, -0.2) is 8.42 Å². The topological polar surface area (TPSA) is 115 Å². The van der Waals surface area contributed by atoms with E-state index >= 15 is 0 Å². The predicted octanol–water partition coefficient (Wildman–Crippen LogP) is 3.71. The number of aromatic nitrogens is 1. The summed E-state index contributed by atoms with van der Waals surface area (Å²) in [4.78, 5) is 27.8. The molecule has 0 aliphatic carbocycles. The van der Waals surface area contributed by atoms with Crippen LogP contribution in [-0.4, -0.2) is 30.9 Å². The van der Waals surface area contributed by atoms with E-state index in [9.17, 15) is 23.3 Å². The normalized spacial score (nSPS) is 12.1. The van der Waals surface area contributed by atoms with Gasteiger partial charge in [0.15, 0.2) is 4.80 Å². The van der Waals surface area contributed by atoms with Crippen molar-refractivity contribution >= 4 is 48.9 Å². The smallest absolute Gasteiger partial charge is 0.279 e. The lowest BCUT2D eigenvalue weighted by molar-refractivity contribution is -0.384. The van der Waals surface area contributed by atoms with Gasteiger partial charge in [-0.3, -0.25) is 19.2 Å². The molecule has 0 saturated carbocycles. The first-order valence-corrected chi connectivity index (χ1v) is 11.9. The van der Waals surface area contributed by atoms with Crippen LogP contribution in [-0.2, 0) is 17.1 Å². The van der Waals surface area contributed by atoms with Crippen LogP contribution in [0.5, 0.6) is 0 Å². The van der Waals surface area contributed by atoms with Gasteiger partial charge in [0, 0.05) is 31.8 Å². The van der Waals surface area contributed by atoms with Crippen molar-refractivity contribution in [3.63, 3.8) is 0 Å². The molecule has 1 amide bonds. The van der Waals surface area contributed by atoms with Crippen molar-refractivity contribution in [3.8, 4) is 0 Å². The summed E-state index contributed by atoms with van der Waals surface area (Å²) < 4.78 is 29.3. The number of carbonyl (C=O) groups excluding carboxylic acids is 1. The second-order valence-electron chi connectivity index (χ2n) is 7.10. The van der Waals surface area contributed by atoms with Gasteiger partial charge in [0.1, 0.15) is 0 Å². The Bertz CT molecular complexity index is 1540. The van der Waals surface area contributed by atoms with Crippen LogP contribution in [0.4, 0.5) is 11.4 Å². The van der Waals surface area contributed by atoms with Crippen molar-refractivity contribution in [2.75, 3.05) is 11.4 Å². The number of anilines is 1. The Labute approximate surface area is 193 Å². The molecule has 4 rings (SSSR count). The van der Waals surface area contributed by atoms with E-state index in [2.05, 4.69) is 4.99 Å². The van der Waals surface area contributed by atoms with E-state index in [1.807, 2.05) is 0 Å². The van der Waals surface area contributed by atoms with Crippen molar-refractivity contribution in [2.45, 2.75) is 4.90 Å². The maximum absolute atomic E-state index is 12.9. The molecule has 9 nitrogen and oxygen atoms in total. The zero-order chi connectivity index (χ0) is 23.8. The van der Waals surface area contributed by atoms with Gasteiger partial charge in [-0.15, -0.1) is 0 Å². The van der Waals surface area contributed by atoms with E-state index in [1.54, 1.807) is 48.0 Å². The monoisotopic (exact) mass is 482 g/mol. The molecule has 33 heavy (non-hydrogen) atoms. The number of carbonyl (C=O) groups is 1. The molecule has 0 aliphatic heterocycles. The molecule has 0 unspecified atom stereocenters. The third-order valence-corrected chi connectivity index (χ3v) is 7.97. The number of thiazole rings is 1. The average molecular weight is 483 g/mol. The maximum atomic E-state index is 12.9. The van der Waals surface area contributed by atoms with Crippen LogP contribution in [0.15, 0.2) is 82.7 Å². The first kappa shape index (κ1) is 22.4. The summed E-state index contributed by atoms with van der Waals surface area (Å²) >= 11 is 1.16. The molecule has 0 saturated heterocycles. The fraction of sp³-hybridized carbons (Fsp3) is 0.0909. The number of hydrogen-bond acceptors (Lipinski definition) is 6. The number of fused-ring (bicyclic) bond motifs is 1. The molecule has 11 heteroatoms. The fourth-order valence-electron chi connectivity index (χ4n) is 3.20. The summed E-state index contributed by atoms with van der Waals surface area (Å²) in [5.74, 6) is -0.549. The van der Waals surface area contributed by atoms with Gasteiger partial charge in [0.2, 0.25) is 0 Å². The molecular weight excluding hydrogens is 464 g/mol. The summed E-state index contributed by atoms with van der Waals surface area (Å²) in [5, 5.41) is 11.0. The molecule has 168 valence electrons. The Morgan fingerprint density at radius 2 is 1.73 bits per heavy atom. The van der Waals surface area contributed by atoms with Gasteiger partial charge in [-0.1, -0.05) is 29.5 Å². The molecule has 1 heterocycles. The summed E-state index contributed by atoms with van der Waals surface area (Å²) in [5.41, 5.74) is 1.41. The number of hydrogen-bond donors (Lipinski definition) is 0. The first-order valence-electron chi connectivity index (χ1n) is 9.65. The first-order chi connectivity index (χ1) is 15.7. The lowest BCUT2D eigenvalue weighted by Gasteiger charge is -2.19. The van der Waals surface area contributed by atoms with E-state index < -0.39 is 20.9 Å². The second-order valence-corrected chi connectivity index (χ2v) is 10.1. The quantitative estimate of drug-likeness (QED) is 0.318. The highest BCUT2D eigenvalue weighted by atomic mass is 32.2. The molecule has 0 aliphatic rings. The fourth-order valence-corrected chi connectivity index (χ4v) is 5.44. The lowest BCUT2D eigenvalue weighted by atomic mass is 10.2. The molecule has 1 aromatic heterocycles. The van der Waals surface area contributed by atoms with Crippen LogP contribution in [0.2, 0.25) is 0 Å². The number of nitro groups is 1. The Kier molecular flexibility index (Phi) is 5.83. The van der Waals surface area contributed by atoms with E-state index in [1.165, 1.54) is 47.8 Å². The highest BCUT2D eigenvalue weighted by molar-refractivity contribution is 7.92. The molecule has 3 aromatic carbocycles. The van der Waals surface area contributed by atoms with E-state index in [0.717, 1.165) is 11.3 Å². The summed E-state index contributed by atoms with van der Waals surface area (Å²) in [6.07, 6.45) is 0. The molecule has 0 N–H and O–H groups in total. The third kappa shape index (κ3) is 4.28. The Hall–Kier alpha value is -3.83. The number of sulfonamides is 1. The second kappa shape index (κ2) is 8.60.